The molecule has 0 spiro atoms. The lowest BCUT2D eigenvalue weighted by Gasteiger charge is -2.29. The summed E-state index contributed by atoms with van der Waals surface area (Å²) in [5, 5.41) is 3.02. The summed E-state index contributed by atoms with van der Waals surface area (Å²) in [6.07, 6.45) is 4.95. The molecule has 1 aliphatic rings. The average molecular weight is 247 g/mol. The van der Waals surface area contributed by atoms with Crippen molar-refractivity contribution >= 4 is 17.5 Å². The van der Waals surface area contributed by atoms with Crippen molar-refractivity contribution in [3.05, 3.63) is 0 Å². The van der Waals surface area contributed by atoms with Gasteiger partial charge in [-0.15, -0.1) is 11.6 Å². The maximum Gasteiger partial charge on any atom is 0.220 e. The minimum atomic E-state index is 0.179. The van der Waals surface area contributed by atoms with Gasteiger partial charge < -0.3 is 10.2 Å². The van der Waals surface area contributed by atoms with Gasteiger partial charge in [-0.3, -0.25) is 4.79 Å². The minimum absolute atomic E-state index is 0.179. The summed E-state index contributed by atoms with van der Waals surface area (Å²) in [7, 11) is 2.15. The van der Waals surface area contributed by atoms with E-state index in [0.29, 0.717) is 18.2 Å². The van der Waals surface area contributed by atoms with Crippen molar-refractivity contribution in [3.8, 4) is 0 Å². The lowest BCUT2D eigenvalue weighted by Crippen LogP contribution is -2.39. The standard InChI is InChI=1S/C12H23ClN2O/c1-15-8-4-5-11(10-15)9-14-12(16)6-2-3-7-13/h11H,2-10H2,1H3,(H,14,16). The van der Waals surface area contributed by atoms with E-state index in [9.17, 15) is 4.79 Å². The quantitative estimate of drug-likeness (QED) is 0.573. The molecule has 1 N–H and O–H groups in total. The number of piperidine rings is 1. The molecule has 1 rings (SSSR count). The lowest BCUT2D eigenvalue weighted by molar-refractivity contribution is -0.121. The molecule has 0 bridgehead atoms. The SMILES string of the molecule is CN1CCCC(CNC(=O)CCCCCl)C1. The molecule has 94 valence electrons. The minimum Gasteiger partial charge on any atom is -0.356 e. The number of unbranched alkanes of at least 4 members (excludes halogenated alkanes) is 1. The Bertz CT molecular complexity index is 211. The van der Waals surface area contributed by atoms with E-state index in [1.165, 1.54) is 19.4 Å². The first kappa shape index (κ1) is 13.8. The van der Waals surface area contributed by atoms with Gasteiger partial charge >= 0.3 is 0 Å². The van der Waals surface area contributed by atoms with Crippen LogP contribution in [0, 0.1) is 5.92 Å². The van der Waals surface area contributed by atoms with Crippen molar-refractivity contribution in [2.75, 3.05) is 32.6 Å². The number of carbonyl (C=O) groups is 1. The highest BCUT2D eigenvalue weighted by molar-refractivity contribution is 6.17. The molecule has 1 atom stereocenters. The van der Waals surface area contributed by atoms with E-state index < -0.39 is 0 Å². The normalized spacial score (nSPS) is 22.0. The number of hydrogen-bond donors (Lipinski definition) is 1. The fourth-order valence-corrected chi connectivity index (χ4v) is 2.36. The number of halogens is 1. The smallest absolute Gasteiger partial charge is 0.220 e. The van der Waals surface area contributed by atoms with Crippen LogP contribution in [-0.2, 0) is 4.79 Å². The van der Waals surface area contributed by atoms with E-state index in [1.54, 1.807) is 0 Å². The van der Waals surface area contributed by atoms with Gasteiger partial charge in [0.15, 0.2) is 0 Å². The maximum absolute atomic E-state index is 11.5. The van der Waals surface area contributed by atoms with Gasteiger partial charge in [-0.2, -0.15) is 0 Å². The molecular formula is C12H23ClN2O. The Balaban J connectivity index is 2.06. The number of likely N-dealkylation sites (tertiary alicyclic amines) is 1. The van der Waals surface area contributed by atoms with Gasteiger partial charge in [-0.05, 0) is 45.2 Å². The third-order valence-electron chi connectivity index (χ3n) is 3.10. The Morgan fingerprint density at radius 2 is 2.31 bits per heavy atom. The summed E-state index contributed by atoms with van der Waals surface area (Å²) in [4.78, 5) is 13.8. The van der Waals surface area contributed by atoms with Gasteiger partial charge in [-0.1, -0.05) is 0 Å². The van der Waals surface area contributed by atoms with Crippen molar-refractivity contribution in [2.24, 2.45) is 5.92 Å². The van der Waals surface area contributed by atoms with E-state index in [-0.39, 0.29) is 5.91 Å². The lowest BCUT2D eigenvalue weighted by atomic mass is 9.98. The van der Waals surface area contributed by atoms with Gasteiger partial charge in [0.25, 0.3) is 0 Å². The third kappa shape index (κ3) is 5.71. The highest BCUT2D eigenvalue weighted by atomic mass is 35.5. The number of amides is 1. The molecule has 4 heteroatoms. The summed E-state index contributed by atoms with van der Waals surface area (Å²) in [5.74, 6) is 1.47. The zero-order valence-electron chi connectivity index (χ0n) is 10.2. The van der Waals surface area contributed by atoms with E-state index in [0.717, 1.165) is 25.9 Å². The van der Waals surface area contributed by atoms with Crippen LogP contribution in [0.15, 0.2) is 0 Å². The molecule has 0 aromatic rings. The van der Waals surface area contributed by atoms with Crippen LogP contribution in [0.3, 0.4) is 0 Å². The van der Waals surface area contributed by atoms with Crippen molar-refractivity contribution in [3.63, 3.8) is 0 Å². The Kier molecular flexibility index (Phi) is 6.81. The monoisotopic (exact) mass is 246 g/mol. The molecule has 0 radical (unpaired) electrons. The van der Waals surface area contributed by atoms with Crippen molar-refractivity contribution in [1.29, 1.82) is 0 Å². The predicted octanol–water partition coefficient (Wildman–Crippen LogP) is 1.85. The largest absolute Gasteiger partial charge is 0.356 e. The van der Waals surface area contributed by atoms with Gasteiger partial charge in [0, 0.05) is 25.4 Å². The highest BCUT2D eigenvalue weighted by Crippen LogP contribution is 2.13. The number of alkyl halides is 1. The van der Waals surface area contributed by atoms with Crippen LogP contribution >= 0.6 is 11.6 Å². The van der Waals surface area contributed by atoms with Crippen LogP contribution in [0.1, 0.15) is 32.1 Å². The fraction of sp³-hybridized carbons (Fsp3) is 0.917. The molecule has 1 heterocycles. The van der Waals surface area contributed by atoms with Crippen LogP contribution < -0.4 is 5.32 Å². The molecule has 16 heavy (non-hydrogen) atoms. The molecule has 1 amide bonds. The number of rotatable bonds is 6. The second-order valence-corrected chi connectivity index (χ2v) is 5.10. The first-order valence-electron chi connectivity index (χ1n) is 6.23. The first-order chi connectivity index (χ1) is 7.72. The average Bonchev–Trinajstić information content (AvgIpc) is 2.27. The Morgan fingerprint density at radius 3 is 3.00 bits per heavy atom. The van der Waals surface area contributed by atoms with Gasteiger partial charge in [-0.25, -0.2) is 0 Å². The third-order valence-corrected chi connectivity index (χ3v) is 3.36. The summed E-state index contributed by atoms with van der Waals surface area (Å²) >= 11 is 5.56. The summed E-state index contributed by atoms with van der Waals surface area (Å²) < 4.78 is 0. The summed E-state index contributed by atoms with van der Waals surface area (Å²) in [5.41, 5.74) is 0. The molecule has 0 aromatic carbocycles. The van der Waals surface area contributed by atoms with Crippen molar-refractivity contribution < 1.29 is 4.79 Å². The fourth-order valence-electron chi connectivity index (χ4n) is 2.17. The van der Waals surface area contributed by atoms with Gasteiger partial charge in [0.2, 0.25) is 5.91 Å². The molecule has 1 saturated heterocycles. The van der Waals surface area contributed by atoms with Gasteiger partial charge in [0.05, 0.1) is 0 Å². The Hall–Kier alpha value is -0.280. The van der Waals surface area contributed by atoms with E-state index in [1.807, 2.05) is 0 Å². The van der Waals surface area contributed by atoms with E-state index in [2.05, 4.69) is 17.3 Å². The van der Waals surface area contributed by atoms with E-state index >= 15 is 0 Å². The number of hydrogen-bond acceptors (Lipinski definition) is 2. The van der Waals surface area contributed by atoms with Crippen LogP contribution in [0.2, 0.25) is 0 Å². The van der Waals surface area contributed by atoms with Crippen molar-refractivity contribution in [1.82, 2.24) is 10.2 Å². The van der Waals surface area contributed by atoms with Crippen LogP contribution in [-0.4, -0.2) is 43.4 Å². The second-order valence-electron chi connectivity index (χ2n) is 4.72. The van der Waals surface area contributed by atoms with Gasteiger partial charge in [0.1, 0.15) is 0 Å². The molecule has 0 aromatic heterocycles. The van der Waals surface area contributed by atoms with Crippen LogP contribution in [0.5, 0.6) is 0 Å². The predicted molar refractivity (Wildman–Crippen MR) is 67.8 cm³/mol. The zero-order valence-corrected chi connectivity index (χ0v) is 10.9. The molecule has 3 nitrogen and oxygen atoms in total. The van der Waals surface area contributed by atoms with Crippen LogP contribution in [0.4, 0.5) is 0 Å². The van der Waals surface area contributed by atoms with Crippen molar-refractivity contribution in [2.45, 2.75) is 32.1 Å². The maximum atomic E-state index is 11.5. The number of carbonyl (C=O) groups excluding carboxylic acids is 1. The molecule has 1 fully saturated rings. The molecule has 1 unspecified atom stereocenters. The Morgan fingerprint density at radius 1 is 1.50 bits per heavy atom. The summed E-state index contributed by atoms with van der Waals surface area (Å²) in [6, 6.07) is 0. The first-order valence-corrected chi connectivity index (χ1v) is 6.77. The second kappa shape index (κ2) is 7.91. The molecule has 0 saturated carbocycles. The number of nitrogens with one attached hydrogen (secondary N) is 1. The zero-order chi connectivity index (χ0) is 11.8. The van der Waals surface area contributed by atoms with Crippen LogP contribution in [0.25, 0.3) is 0 Å². The molecule has 0 aliphatic carbocycles. The molecule has 1 aliphatic heterocycles. The highest BCUT2D eigenvalue weighted by Gasteiger charge is 2.17. The topological polar surface area (TPSA) is 32.3 Å². The Labute approximate surface area is 104 Å². The number of nitrogens with zero attached hydrogens (tertiary/aromatic N) is 1. The van der Waals surface area contributed by atoms with E-state index in [4.69, 9.17) is 11.6 Å². The summed E-state index contributed by atoms with van der Waals surface area (Å²) in [6.45, 7) is 3.15. The molecular weight excluding hydrogens is 224 g/mol.